The summed E-state index contributed by atoms with van der Waals surface area (Å²) in [4.78, 5) is 13.6. The van der Waals surface area contributed by atoms with Gasteiger partial charge in [-0.05, 0) is 55.3 Å². The van der Waals surface area contributed by atoms with E-state index in [1.807, 2.05) is 41.2 Å². The number of aliphatic hydroxyl groups is 1. The molecule has 4 aromatic rings. The van der Waals surface area contributed by atoms with Gasteiger partial charge in [0.2, 0.25) is 0 Å². The lowest BCUT2D eigenvalue weighted by molar-refractivity contribution is 0.284. The lowest BCUT2D eigenvalue weighted by Crippen LogP contribution is -2.10. The van der Waals surface area contributed by atoms with Gasteiger partial charge in [0.15, 0.2) is 5.65 Å². The van der Waals surface area contributed by atoms with Crippen LogP contribution >= 0.6 is 0 Å². The summed E-state index contributed by atoms with van der Waals surface area (Å²) in [6.07, 6.45) is 6.28. The Morgan fingerprint density at radius 3 is 2.93 bits per heavy atom. The maximum absolute atomic E-state index is 9.13. The minimum Gasteiger partial charge on any atom is -0.396 e. The highest BCUT2D eigenvalue weighted by molar-refractivity contribution is 6.11. The minimum absolute atomic E-state index is 0.0145. The van der Waals surface area contributed by atoms with Crippen molar-refractivity contribution in [2.45, 2.75) is 25.4 Å². The number of allylic oxidation sites excluding steroid dienone is 1. The van der Waals surface area contributed by atoms with Gasteiger partial charge in [-0.2, -0.15) is 0 Å². The van der Waals surface area contributed by atoms with E-state index in [4.69, 9.17) is 10.1 Å². The van der Waals surface area contributed by atoms with Crippen LogP contribution in [0, 0.1) is 0 Å². The van der Waals surface area contributed by atoms with Crippen LogP contribution in [0.2, 0.25) is 0 Å². The van der Waals surface area contributed by atoms with Crippen molar-refractivity contribution in [1.82, 2.24) is 25.0 Å². The molecule has 4 heterocycles. The van der Waals surface area contributed by atoms with E-state index < -0.39 is 0 Å². The molecule has 0 amide bonds. The van der Waals surface area contributed by atoms with Crippen LogP contribution in [0.5, 0.6) is 0 Å². The van der Waals surface area contributed by atoms with Crippen molar-refractivity contribution in [2.75, 3.05) is 6.61 Å². The Hall–Kier alpha value is -3.45. The van der Waals surface area contributed by atoms with Gasteiger partial charge in [0.05, 0.1) is 23.3 Å². The van der Waals surface area contributed by atoms with Gasteiger partial charge in [0.1, 0.15) is 5.52 Å². The third-order valence-electron chi connectivity index (χ3n) is 5.29. The van der Waals surface area contributed by atoms with Crippen molar-refractivity contribution in [1.29, 1.82) is 0 Å². The third kappa shape index (κ3) is 3.19. The predicted molar refractivity (Wildman–Crippen MR) is 113 cm³/mol. The zero-order chi connectivity index (χ0) is 19.8. The standard InChI is InChI=1S/C22H20N6O/c1-14(15-4-5-19-16(11-15)3-2-9-23-19)28-22-21(26-27-28)7-6-20(25-22)17-12-18(8-10-29)24-13-17/h2-7,9,11-14,18,29H,8,10H2,1H3. The molecule has 7 heteroatoms. The van der Waals surface area contributed by atoms with Crippen molar-refractivity contribution >= 4 is 33.9 Å². The van der Waals surface area contributed by atoms with E-state index in [2.05, 4.69) is 45.4 Å². The summed E-state index contributed by atoms with van der Waals surface area (Å²) in [6, 6.07) is 14.1. The fraction of sp³-hybridized carbons (Fsp3) is 0.227. The molecule has 0 radical (unpaired) electrons. The summed E-state index contributed by atoms with van der Waals surface area (Å²) in [5.41, 5.74) is 5.38. The summed E-state index contributed by atoms with van der Waals surface area (Å²) < 4.78 is 1.86. The molecule has 29 heavy (non-hydrogen) atoms. The number of rotatable bonds is 5. The largest absolute Gasteiger partial charge is 0.396 e. The maximum atomic E-state index is 9.13. The Balaban J connectivity index is 1.53. The summed E-state index contributed by atoms with van der Waals surface area (Å²) in [6.45, 7) is 2.21. The highest BCUT2D eigenvalue weighted by Crippen LogP contribution is 2.26. The summed E-state index contributed by atoms with van der Waals surface area (Å²) in [5.74, 6) is 0. The zero-order valence-corrected chi connectivity index (χ0v) is 16.0. The molecule has 1 aliphatic heterocycles. The van der Waals surface area contributed by atoms with E-state index in [1.165, 1.54) is 0 Å². The molecule has 0 aliphatic carbocycles. The Morgan fingerprint density at radius 1 is 1.14 bits per heavy atom. The number of hydrogen-bond donors (Lipinski definition) is 1. The van der Waals surface area contributed by atoms with Crippen LogP contribution in [-0.4, -0.2) is 48.9 Å². The summed E-state index contributed by atoms with van der Waals surface area (Å²) in [7, 11) is 0. The first-order valence-corrected chi connectivity index (χ1v) is 9.66. The van der Waals surface area contributed by atoms with E-state index in [0.29, 0.717) is 6.42 Å². The Labute approximate surface area is 167 Å². The molecule has 0 spiro atoms. The summed E-state index contributed by atoms with van der Waals surface area (Å²) in [5, 5.41) is 18.9. The second-order valence-corrected chi connectivity index (χ2v) is 7.18. The molecule has 7 nitrogen and oxygen atoms in total. The van der Waals surface area contributed by atoms with Gasteiger partial charge in [-0.25, -0.2) is 9.67 Å². The Bertz CT molecular complexity index is 1260. The average molecular weight is 384 g/mol. The molecule has 2 unspecified atom stereocenters. The lowest BCUT2D eigenvalue weighted by Gasteiger charge is -2.13. The number of aromatic nitrogens is 5. The molecule has 0 saturated heterocycles. The number of pyridine rings is 2. The van der Waals surface area contributed by atoms with Gasteiger partial charge in [-0.15, -0.1) is 5.10 Å². The van der Waals surface area contributed by atoms with E-state index in [0.717, 1.165) is 38.9 Å². The van der Waals surface area contributed by atoms with Crippen LogP contribution in [0.25, 0.3) is 27.6 Å². The topological polar surface area (TPSA) is 89.1 Å². The fourth-order valence-corrected chi connectivity index (χ4v) is 3.65. The van der Waals surface area contributed by atoms with E-state index in [1.54, 1.807) is 6.20 Å². The first-order chi connectivity index (χ1) is 14.2. The first kappa shape index (κ1) is 17.6. The van der Waals surface area contributed by atoms with E-state index in [9.17, 15) is 0 Å². The van der Waals surface area contributed by atoms with Crippen LogP contribution in [0.3, 0.4) is 0 Å². The van der Waals surface area contributed by atoms with E-state index >= 15 is 0 Å². The van der Waals surface area contributed by atoms with Crippen molar-refractivity contribution in [2.24, 2.45) is 4.99 Å². The molecule has 1 aromatic carbocycles. The number of aliphatic hydroxyl groups excluding tert-OH is 1. The van der Waals surface area contributed by atoms with Gasteiger partial charge >= 0.3 is 0 Å². The number of benzene rings is 1. The normalized spacial score (nSPS) is 17.2. The van der Waals surface area contributed by atoms with E-state index in [-0.39, 0.29) is 18.7 Å². The van der Waals surface area contributed by atoms with Crippen molar-refractivity contribution in [3.05, 3.63) is 66.0 Å². The van der Waals surface area contributed by atoms with Gasteiger partial charge in [-0.1, -0.05) is 17.3 Å². The monoisotopic (exact) mass is 384 g/mol. The number of aliphatic imine (C=N–C) groups is 1. The van der Waals surface area contributed by atoms with Gasteiger partial charge < -0.3 is 5.11 Å². The molecule has 5 rings (SSSR count). The van der Waals surface area contributed by atoms with Gasteiger partial charge in [0, 0.05) is 30.0 Å². The zero-order valence-electron chi connectivity index (χ0n) is 16.0. The summed E-state index contributed by atoms with van der Waals surface area (Å²) >= 11 is 0. The molecular formula is C22H20N6O. The predicted octanol–water partition coefficient (Wildman–Crippen LogP) is 3.20. The van der Waals surface area contributed by atoms with Crippen LogP contribution in [0.4, 0.5) is 0 Å². The highest BCUT2D eigenvalue weighted by Gasteiger charge is 2.18. The lowest BCUT2D eigenvalue weighted by atomic mass is 10.1. The Morgan fingerprint density at radius 2 is 2.03 bits per heavy atom. The third-order valence-corrected chi connectivity index (χ3v) is 5.29. The maximum Gasteiger partial charge on any atom is 0.179 e. The van der Waals surface area contributed by atoms with Crippen LogP contribution < -0.4 is 0 Å². The highest BCUT2D eigenvalue weighted by atomic mass is 16.3. The molecule has 1 aliphatic rings. The smallest absolute Gasteiger partial charge is 0.179 e. The second-order valence-electron chi connectivity index (χ2n) is 7.18. The fourth-order valence-electron chi connectivity index (χ4n) is 3.65. The minimum atomic E-state index is -0.0271. The second kappa shape index (κ2) is 7.18. The molecule has 144 valence electrons. The molecule has 0 saturated carbocycles. The first-order valence-electron chi connectivity index (χ1n) is 9.66. The van der Waals surface area contributed by atoms with Crippen LogP contribution in [0.1, 0.15) is 30.6 Å². The van der Waals surface area contributed by atoms with Crippen molar-refractivity contribution < 1.29 is 5.11 Å². The molecule has 2 atom stereocenters. The molecular weight excluding hydrogens is 364 g/mol. The van der Waals surface area contributed by atoms with Gasteiger partial charge in [0.25, 0.3) is 0 Å². The SMILES string of the molecule is CC(c1ccc2ncccc2c1)n1nnc2ccc(C3=CC(CCO)N=C3)nc21. The van der Waals surface area contributed by atoms with Gasteiger partial charge in [-0.3, -0.25) is 9.98 Å². The van der Waals surface area contributed by atoms with Crippen molar-refractivity contribution in [3.63, 3.8) is 0 Å². The van der Waals surface area contributed by atoms with Crippen LogP contribution in [0.15, 0.2) is 59.7 Å². The molecule has 1 N–H and O–H groups in total. The Kier molecular flexibility index (Phi) is 4.37. The number of fused-ring (bicyclic) bond motifs is 2. The van der Waals surface area contributed by atoms with Crippen LogP contribution in [-0.2, 0) is 0 Å². The molecule has 3 aromatic heterocycles. The average Bonchev–Trinajstić information content (AvgIpc) is 3.40. The number of hydrogen-bond acceptors (Lipinski definition) is 6. The quantitative estimate of drug-likeness (QED) is 0.571. The number of nitrogens with zero attached hydrogens (tertiary/aromatic N) is 6. The van der Waals surface area contributed by atoms with Crippen molar-refractivity contribution in [3.8, 4) is 0 Å². The molecule has 0 fully saturated rings. The molecule has 0 bridgehead atoms.